The number of hydrogen-bond donors (Lipinski definition) is 1. The zero-order chi connectivity index (χ0) is 26.4. The number of ether oxygens (including phenoxy) is 3. The molecular weight excluding hydrogens is 490 g/mol. The summed E-state index contributed by atoms with van der Waals surface area (Å²) in [6, 6.07) is 16.8. The molecule has 0 saturated heterocycles. The summed E-state index contributed by atoms with van der Waals surface area (Å²) in [6.45, 7) is 2.52. The number of aliphatic carboxylic acids is 1. The minimum absolute atomic E-state index is 0.0544. The van der Waals surface area contributed by atoms with Crippen LogP contribution in [0.3, 0.4) is 0 Å². The molecule has 0 bridgehead atoms. The monoisotopic (exact) mass is 515 g/mol. The maximum absolute atomic E-state index is 12.4. The van der Waals surface area contributed by atoms with E-state index in [0.29, 0.717) is 40.3 Å². The molecule has 8 nitrogen and oxygen atoms in total. The number of hydrogen-bond acceptors (Lipinski definition) is 7. The smallest absolute Gasteiger partial charge is 0.342 e. The number of carboxylic acids is 1. The first-order valence-electron chi connectivity index (χ1n) is 11.4. The normalized spacial score (nSPS) is 11.2. The molecule has 1 N–H and O–H groups in total. The van der Waals surface area contributed by atoms with Crippen LogP contribution >= 0.6 is 11.8 Å². The summed E-state index contributed by atoms with van der Waals surface area (Å²) >= 11 is 1.01. The Balaban J connectivity index is 1.79. The summed E-state index contributed by atoms with van der Waals surface area (Å²) in [5.41, 5.74) is 1.36. The van der Waals surface area contributed by atoms with Crippen molar-refractivity contribution in [3.05, 3.63) is 65.1 Å². The highest BCUT2D eigenvalue weighted by Gasteiger charge is 2.20. The number of terminal acetylenes is 1. The molecule has 4 rings (SSSR count). The molecule has 0 radical (unpaired) electrons. The van der Waals surface area contributed by atoms with Gasteiger partial charge in [-0.2, -0.15) is 0 Å². The van der Waals surface area contributed by atoms with Gasteiger partial charge in [0.15, 0.2) is 11.0 Å². The van der Waals surface area contributed by atoms with Gasteiger partial charge in [0, 0.05) is 23.7 Å². The Bertz CT molecular complexity index is 1500. The fraction of sp³-hybridized carbons (Fsp3) is 0.179. The lowest BCUT2D eigenvalue weighted by atomic mass is 10.0. The quantitative estimate of drug-likeness (QED) is 0.171. The van der Waals surface area contributed by atoms with E-state index in [1.807, 2.05) is 54.0 Å². The summed E-state index contributed by atoms with van der Waals surface area (Å²) in [5, 5.41) is 21.0. The maximum atomic E-state index is 12.4. The average Bonchev–Trinajstić information content (AvgIpc) is 3.34. The van der Waals surface area contributed by atoms with Crippen molar-refractivity contribution in [3.8, 4) is 41.0 Å². The molecule has 9 heteroatoms. The lowest BCUT2D eigenvalue weighted by Gasteiger charge is -2.12. The minimum atomic E-state index is -1.10. The molecule has 4 aromatic rings. The first-order chi connectivity index (χ1) is 18.0. The predicted octanol–water partition coefficient (Wildman–Crippen LogP) is 5.37. The van der Waals surface area contributed by atoms with Gasteiger partial charge in [0.05, 0.1) is 14.2 Å². The largest absolute Gasteiger partial charge is 0.497 e. The van der Waals surface area contributed by atoms with Crippen LogP contribution in [0.1, 0.15) is 12.5 Å². The van der Waals surface area contributed by atoms with Gasteiger partial charge < -0.3 is 23.9 Å². The molecule has 0 aliphatic heterocycles. The number of aromatic nitrogens is 3. The van der Waals surface area contributed by atoms with Gasteiger partial charge in [-0.15, -0.1) is 16.6 Å². The van der Waals surface area contributed by atoms with E-state index < -0.39 is 5.97 Å². The maximum Gasteiger partial charge on any atom is 0.342 e. The van der Waals surface area contributed by atoms with Gasteiger partial charge in [-0.05, 0) is 53.7 Å². The molecule has 37 heavy (non-hydrogen) atoms. The summed E-state index contributed by atoms with van der Waals surface area (Å²) < 4.78 is 18.3. The van der Waals surface area contributed by atoms with Crippen molar-refractivity contribution >= 4 is 34.6 Å². The van der Waals surface area contributed by atoms with E-state index in [-0.39, 0.29) is 11.5 Å². The van der Waals surface area contributed by atoms with Gasteiger partial charge in [-0.25, -0.2) is 4.79 Å². The minimum Gasteiger partial charge on any atom is -0.497 e. The van der Waals surface area contributed by atoms with Crippen molar-refractivity contribution in [1.82, 2.24) is 14.8 Å². The molecule has 0 fully saturated rings. The molecule has 0 amide bonds. The Hall–Kier alpha value is -4.42. The molecule has 0 unspecified atom stereocenters. The molecular formula is C28H25N3O5S. The van der Waals surface area contributed by atoms with E-state index in [2.05, 4.69) is 16.1 Å². The van der Waals surface area contributed by atoms with Gasteiger partial charge >= 0.3 is 5.97 Å². The Labute approximate surface area is 218 Å². The van der Waals surface area contributed by atoms with Crippen LogP contribution < -0.4 is 14.2 Å². The summed E-state index contributed by atoms with van der Waals surface area (Å²) in [5.74, 6) is 3.63. The van der Waals surface area contributed by atoms with E-state index in [9.17, 15) is 9.90 Å². The number of rotatable bonds is 10. The van der Waals surface area contributed by atoms with Crippen molar-refractivity contribution in [2.75, 3.05) is 20.8 Å². The Morgan fingerprint density at radius 2 is 1.84 bits per heavy atom. The number of thioether (sulfide) groups is 1. The van der Waals surface area contributed by atoms with Crippen LogP contribution in [0, 0.1) is 12.3 Å². The first-order valence-corrected chi connectivity index (χ1v) is 12.2. The highest BCUT2D eigenvalue weighted by Crippen LogP contribution is 2.36. The standard InChI is InChI=1S/C28H25N3O5S/c1-5-13-36-24-12-11-18-9-7-8-10-22(18)23(24)17-25(27(32)33)37-28-30-29-26(31(28)6-2)19-14-20(34-3)16-21(15-19)35-4/h1,7-12,14-17H,6,13H2,2-4H3,(H,32,33)/b25-17-. The van der Waals surface area contributed by atoms with Gasteiger partial charge in [0.1, 0.15) is 28.8 Å². The topological polar surface area (TPSA) is 95.7 Å². The number of benzene rings is 3. The summed E-state index contributed by atoms with van der Waals surface area (Å²) in [7, 11) is 3.15. The van der Waals surface area contributed by atoms with Gasteiger partial charge in [0.25, 0.3) is 0 Å². The van der Waals surface area contributed by atoms with Crippen LogP contribution in [-0.4, -0.2) is 46.7 Å². The van der Waals surface area contributed by atoms with Crippen molar-refractivity contribution in [2.45, 2.75) is 18.6 Å². The fourth-order valence-corrected chi connectivity index (χ4v) is 4.70. The van der Waals surface area contributed by atoms with Gasteiger partial charge in [-0.1, -0.05) is 36.3 Å². The molecule has 0 atom stereocenters. The molecule has 0 aliphatic carbocycles. The van der Waals surface area contributed by atoms with Crippen LogP contribution in [0.5, 0.6) is 17.2 Å². The third-order valence-electron chi connectivity index (χ3n) is 5.57. The number of methoxy groups -OCH3 is 2. The number of fused-ring (bicyclic) bond motifs is 1. The zero-order valence-corrected chi connectivity index (χ0v) is 21.4. The SMILES string of the molecule is C#CCOc1ccc2ccccc2c1/C=C(\Sc1nnc(-c2cc(OC)cc(OC)c2)n1CC)C(=O)O. The van der Waals surface area contributed by atoms with Crippen molar-refractivity contribution in [2.24, 2.45) is 0 Å². The molecule has 3 aromatic carbocycles. The Morgan fingerprint density at radius 1 is 1.11 bits per heavy atom. The molecule has 188 valence electrons. The Kier molecular flexibility index (Phi) is 8.01. The summed E-state index contributed by atoms with van der Waals surface area (Å²) in [6.07, 6.45) is 6.97. The predicted molar refractivity (Wildman–Crippen MR) is 144 cm³/mol. The molecule has 0 aliphatic rings. The van der Waals surface area contributed by atoms with Crippen LogP contribution in [0.4, 0.5) is 0 Å². The van der Waals surface area contributed by atoms with E-state index in [4.69, 9.17) is 20.6 Å². The van der Waals surface area contributed by atoms with Gasteiger partial charge in [0.2, 0.25) is 0 Å². The van der Waals surface area contributed by atoms with E-state index in [1.165, 1.54) is 0 Å². The third kappa shape index (κ3) is 5.55. The molecule has 0 saturated carbocycles. The average molecular weight is 516 g/mol. The van der Waals surface area contributed by atoms with Crippen LogP contribution in [0.15, 0.2) is 64.7 Å². The van der Waals surface area contributed by atoms with Crippen LogP contribution in [0.2, 0.25) is 0 Å². The fourth-order valence-electron chi connectivity index (χ4n) is 3.83. The van der Waals surface area contributed by atoms with Crippen molar-refractivity contribution in [1.29, 1.82) is 0 Å². The number of nitrogens with zero attached hydrogens (tertiary/aromatic N) is 3. The molecule has 1 aromatic heterocycles. The van der Waals surface area contributed by atoms with Crippen molar-refractivity contribution in [3.63, 3.8) is 0 Å². The third-order valence-corrected chi connectivity index (χ3v) is 6.57. The van der Waals surface area contributed by atoms with Gasteiger partial charge in [-0.3, -0.25) is 0 Å². The second kappa shape index (κ2) is 11.5. The molecule has 1 heterocycles. The van der Waals surface area contributed by atoms with E-state index in [1.54, 1.807) is 32.4 Å². The van der Waals surface area contributed by atoms with E-state index >= 15 is 0 Å². The highest BCUT2D eigenvalue weighted by atomic mass is 32.2. The Morgan fingerprint density at radius 3 is 2.49 bits per heavy atom. The second-order valence-corrected chi connectivity index (χ2v) is 8.77. The lowest BCUT2D eigenvalue weighted by Crippen LogP contribution is -2.03. The summed E-state index contributed by atoms with van der Waals surface area (Å²) in [4.78, 5) is 12.4. The number of carbonyl (C=O) groups is 1. The second-order valence-electron chi connectivity index (χ2n) is 7.76. The van der Waals surface area contributed by atoms with E-state index in [0.717, 1.165) is 28.1 Å². The first kappa shape index (κ1) is 25.7. The van der Waals surface area contributed by atoms with Crippen LogP contribution in [0.25, 0.3) is 28.2 Å². The lowest BCUT2D eigenvalue weighted by molar-refractivity contribution is -0.131. The van der Waals surface area contributed by atoms with Crippen molar-refractivity contribution < 1.29 is 24.1 Å². The van der Waals surface area contributed by atoms with Crippen LogP contribution in [-0.2, 0) is 11.3 Å². The highest BCUT2D eigenvalue weighted by molar-refractivity contribution is 8.04. The zero-order valence-electron chi connectivity index (χ0n) is 20.6. The number of carboxylic acid groups (broad SMARTS) is 1. The molecule has 0 spiro atoms.